The lowest BCUT2D eigenvalue weighted by molar-refractivity contribution is 0.103. The van der Waals surface area contributed by atoms with Crippen molar-refractivity contribution >= 4 is 5.78 Å². The molecule has 0 radical (unpaired) electrons. The molecule has 0 aliphatic rings. The molecule has 3 heteroatoms. The third-order valence-corrected chi connectivity index (χ3v) is 2.89. The third kappa shape index (κ3) is 6.45. The number of hydrogen-bond acceptors (Lipinski definition) is 3. The molecule has 2 aromatic rings. The number of ether oxygens (including phenoxy) is 2. The van der Waals surface area contributed by atoms with Crippen molar-refractivity contribution < 1.29 is 14.3 Å². The van der Waals surface area contributed by atoms with Crippen LogP contribution in [0, 0.1) is 0 Å². The SMILES string of the molecule is CCC.COc1ccc(C(=O)c2ccc(OC(C)(C)C)cc2)cc1. The topological polar surface area (TPSA) is 35.5 Å². The Labute approximate surface area is 145 Å². The predicted molar refractivity (Wildman–Crippen MR) is 99.2 cm³/mol. The van der Waals surface area contributed by atoms with Gasteiger partial charge in [-0.2, -0.15) is 0 Å². The molecule has 0 saturated carbocycles. The fraction of sp³-hybridized carbons (Fsp3) is 0.381. The van der Waals surface area contributed by atoms with Crippen LogP contribution in [-0.2, 0) is 0 Å². The minimum Gasteiger partial charge on any atom is -0.497 e. The highest BCUT2D eigenvalue weighted by atomic mass is 16.5. The summed E-state index contributed by atoms with van der Waals surface area (Å²) in [5, 5.41) is 0. The summed E-state index contributed by atoms with van der Waals surface area (Å²) < 4.78 is 10.8. The summed E-state index contributed by atoms with van der Waals surface area (Å²) >= 11 is 0. The van der Waals surface area contributed by atoms with E-state index < -0.39 is 0 Å². The van der Waals surface area contributed by atoms with Gasteiger partial charge in [-0.1, -0.05) is 20.3 Å². The van der Waals surface area contributed by atoms with Gasteiger partial charge >= 0.3 is 0 Å². The normalized spacial score (nSPS) is 10.4. The smallest absolute Gasteiger partial charge is 0.193 e. The Kier molecular flexibility index (Phi) is 7.50. The Bertz CT molecular complexity index is 620. The Morgan fingerprint density at radius 2 is 1.21 bits per heavy atom. The van der Waals surface area contributed by atoms with Gasteiger partial charge in [0.25, 0.3) is 0 Å². The number of ketones is 1. The summed E-state index contributed by atoms with van der Waals surface area (Å²) in [6, 6.07) is 14.3. The van der Waals surface area contributed by atoms with E-state index in [0.29, 0.717) is 11.1 Å². The molecule has 0 heterocycles. The van der Waals surface area contributed by atoms with Gasteiger partial charge in [0.1, 0.15) is 17.1 Å². The maximum Gasteiger partial charge on any atom is 0.193 e. The average molecular weight is 328 g/mol. The molecule has 0 aromatic heterocycles. The van der Waals surface area contributed by atoms with Crippen molar-refractivity contribution in [3.05, 3.63) is 59.7 Å². The minimum absolute atomic E-state index is 0.0139. The van der Waals surface area contributed by atoms with Gasteiger partial charge in [-0.05, 0) is 69.3 Å². The van der Waals surface area contributed by atoms with Gasteiger partial charge in [-0.3, -0.25) is 4.79 Å². The fourth-order valence-corrected chi connectivity index (χ4v) is 1.94. The van der Waals surface area contributed by atoms with Gasteiger partial charge in [-0.15, -0.1) is 0 Å². The maximum absolute atomic E-state index is 12.4. The summed E-state index contributed by atoms with van der Waals surface area (Å²) in [6.45, 7) is 10.2. The molecule has 0 atom stereocenters. The van der Waals surface area contributed by atoms with Crippen LogP contribution in [-0.4, -0.2) is 18.5 Å². The highest BCUT2D eigenvalue weighted by molar-refractivity contribution is 6.09. The van der Waals surface area contributed by atoms with E-state index in [9.17, 15) is 4.79 Å². The molecule has 2 aromatic carbocycles. The van der Waals surface area contributed by atoms with Crippen LogP contribution in [0.2, 0.25) is 0 Å². The van der Waals surface area contributed by atoms with E-state index in [1.54, 1.807) is 43.5 Å². The molecule has 2 rings (SSSR count). The van der Waals surface area contributed by atoms with Crippen LogP contribution < -0.4 is 9.47 Å². The second-order valence-electron chi connectivity index (χ2n) is 6.50. The first-order chi connectivity index (χ1) is 11.3. The van der Waals surface area contributed by atoms with Crippen LogP contribution in [0.25, 0.3) is 0 Å². The van der Waals surface area contributed by atoms with Gasteiger partial charge in [0.05, 0.1) is 7.11 Å². The molecule has 0 unspecified atom stereocenters. The van der Waals surface area contributed by atoms with Crippen molar-refractivity contribution in [1.29, 1.82) is 0 Å². The number of rotatable bonds is 4. The van der Waals surface area contributed by atoms with Crippen LogP contribution in [0.5, 0.6) is 11.5 Å². The van der Waals surface area contributed by atoms with Crippen molar-refractivity contribution in [2.24, 2.45) is 0 Å². The first-order valence-electron chi connectivity index (χ1n) is 8.28. The Hall–Kier alpha value is -2.29. The minimum atomic E-state index is -0.249. The van der Waals surface area contributed by atoms with Crippen LogP contribution in [0.1, 0.15) is 57.0 Å². The molecular formula is C21H28O3. The van der Waals surface area contributed by atoms with Gasteiger partial charge in [0.2, 0.25) is 0 Å². The van der Waals surface area contributed by atoms with Gasteiger partial charge in [0.15, 0.2) is 5.78 Å². The number of hydrogen-bond donors (Lipinski definition) is 0. The van der Waals surface area contributed by atoms with Crippen molar-refractivity contribution in [1.82, 2.24) is 0 Å². The van der Waals surface area contributed by atoms with Crippen molar-refractivity contribution in [2.45, 2.75) is 46.6 Å². The van der Waals surface area contributed by atoms with E-state index in [1.807, 2.05) is 32.9 Å². The van der Waals surface area contributed by atoms with Gasteiger partial charge in [-0.25, -0.2) is 0 Å². The lowest BCUT2D eigenvalue weighted by atomic mass is 10.0. The quantitative estimate of drug-likeness (QED) is 0.693. The Balaban J connectivity index is 0.000000891. The fourth-order valence-electron chi connectivity index (χ4n) is 1.94. The summed E-state index contributed by atoms with van der Waals surface area (Å²) in [5.41, 5.74) is 1.03. The largest absolute Gasteiger partial charge is 0.497 e. The van der Waals surface area contributed by atoms with E-state index in [1.165, 1.54) is 6.42 Å². The molecule has 0 amide bonds. The van der Waals surface area contributed by atoms with E-state index in [-0.39, 0.29) is 11.4 Å². The Morgan fingerprint density at radius 3 is 1.54 bits per heavy atom. The first kappa shape index (κ1) is 19.8. The third-order valence-electron chi connectivity index (χ3n) is 2.89. The lowest BCUT2D eigenvalue weighted by Crippen LogP contribution is -2.22. The van der Waals surface area contributed by atoms with E-state index >= 15 is 0 Å². The van der Waals surface area contributed by atoms with Crippen LogP contribution >= 0.6 is 0 Å². The van der Waals surface area contributed by atoms with Gasteiger partial charge in [0, 0.05) is 11.1 Å². The second kappa shape index (κ2) is 9.11. The van der Waals surface area contributed by atoms with Crippen molar-refractivity contribution in [3.63, 3.8) is 0 Å². The van der Waals surface area contributed by atoms with Crippen LogP contribution in [0.4, 0.5) is 0 Å². The lowest BCUT2D eigenvalue weighted by Gasteiger charge is -2.21. The number of carbonyl (C=O) groups is 1. The van der Waals surface area contributed by atoms with Crippen molar-refractivity contribution in [3.8, 4) is 11.5 Å². The van der Waals surface area contributed by atoms with E-state index in [2.05, 4.69) is 13.8 Å². The number of benzene rings is 2. The van der Waals surface area contributed by atoms with Crippen LogP contribution in [0.15, 0.2) is 48.5 Å². The summed E-state index contributed by atoms with van der Waals surface area (Å²) in [7, 11) is 1.60. The molecule has 3 nitrogen and oxygen atoms in total. The zero-order chi connectivity index (χ0) is 18.2. The molecule has 130 valence electrons. The van der Waals surface area contributed by atoms with Gasteiger partial charge < -0.3 is 9.47 Å². The molecule has 0 aliphatic heterocycles. The first-order valence-corrected chi connectivity index (χ1v) is 8.28. The molecular weight excluding hydrogens is 300 g/mol. The number of carbonyl (C=O) groups excluding carboxylic acids is 1. The highest BCUT2D eigenvalue weighted by Crippen LogP contribution is 2.20. The molecule has 24 heavy (non-hydrogen) atoms. The zero-order valence-electron chi connectivity index (χ0n) is 15.6. The highest BCUT2D eigenvalue weighted by Gasteiger charge is 2.13. The average Bonchev–Trinajstić information content (AvgIpc) is 2.54. The zero-order valence-corrected chi connectivity index (χ0v) is 15.6. The molecule has 0 N–H and O–H groups in total. The molecule has 0 saturated heterocycles. The van der Waals surface area contributed by atoms with E-state index in [4.69, 9.17) is 9.47 Å². The maximum atomic E-state index is 12.4. The number of methoxy groups -OCH3 is 1. The summed E-state index contributed by atoms with van der Waals surface area (Å²) in [5.74, 6) is 1.48. The van der Waals surface area contributed by atoms with Crippen LogP contribution in [0.3, 0.4) is 0 Å². The van der Waals surface area contributed by atoms with Crippen molar-refractivity contribution in [2.75, 3.05) is 7.11 Å². The molecule has 0 aliphatic carbocycles. The molecule has 0 fully saturated rings. The summed E-state index contributed by atoms with van der Waals surface area (Å²) in [4.78, 5) is 12.4. The Morgan fingerprint density at radius 1 is 0.833 bits per heavy atom. The molecule has 0 spiro atoms. The summed E-state index contributed by atoms with van der Waals surface area (Å²) in [6.07, 6.45) is 1.25. The standard InChI is InChI=1S/C18H20O3.C3H8/c1-18(2,3)21-16-11-7-14(8-12-16)17(19)13-5-9-15(20-4)10-6-13;1-3-2/h5-12H,1-4H3;3H2,1-2H3. The predicted octanol–water partition coefficient (Wildman–Crippen LogP) is 5.52. The monoisotopic (exact) mass is 328 g/mol. The van der Waals surface area contributed by atoms with E-state index in [0.717, 1.165) is 11.5 Å². The second-order valence-corrected chi connectivity index (χ2v) is 6.50. The molecule has 0 bridgehead atoms.